The normalized spacial score (nSPS) is 23.8. The van der Waals surface area contributed by atoms with Crippen LogP contribution in [-0.2, 0) is 35.1 Å². The van der Waals surface area contributed by atoms with E-state index < -0.39 is 88.2 Å². The first-order valence-electron chi connectivity index (χ1n) is 16.9. The van der Waals surface area contributed by atoms with Crippen molar-refractivity contribution >= 4 is 35.3 Å². The minimum Gasteiger partial charge on any atom is -0.463 e. The molecule has 9 atom stereocenters. The Morgan fingerprint density at radius 2 is 1.87 bits per heavy atom. The molecule has 3 unspecified atom stereocenters. The number of esters is 1. The third-order valence-electron chi connectivity index (χ3n) is 8.94. The number of thioether (sulfide) groups is 1. The van der Waals surface area contributed by atoms with E-state index in [1.54, 1.807) is 24.3 Å². The van der Waals surface area contributed by atoms with Gasteiger partial charge in [0.15, 0.2) is 5.78 Å². The summed E-state index contributed by atoms with van der Waals surface area (Å²) in [4.78, 5) is 82.1. The molecule has 5 N–H and O–H groups in total. The third kappa shape index (κ3) is 10.3. The molecule has 1 aromatic carbocycles. The summed E-state index contributed by atoms with van der Waals surface area (Å²) >= 11 is 1.20. The van der Waals surface area contributed by atoms with E-state index >= 15 is 0 Å². The van der Waals surface area contributed by atoms with E-state index in [2.05, 4.69) is 31.0 Å². The Balaban J connectivity index is 1.39. The molecule has 18 heteroatoms. The van der Waals surface area contributed by atoms with Crippen molar-refractivity contribution < 1.29 is 33.8 Å². The second-order valence-electron chi connectivity index (χ2n) is 14.1. The number of H-pyrrole nitrogens is 1. The molecule has 0 aliphatic carbocycles. The van der Waals surface area contributed by atoms with Gasteiger partial charge < -0.3 is 25.2 Å². The summed E-state index contributed by atoms with van der Waals surface area (Å²) in [6.45, 7) is 9.72. The van der Waals surface area contributed by atoms with Gasteiger partial charge in [-0.05, 0) is 45.2 Å². The second kappa shape index (κ2) is 17.4. The average Bonchev–Trinajstić information content (AvgIpc) is 3.75. The van der Waals surface area contributed by atoms with Gasteiger partial charge in [0, 0.05) is 40.3 Å². The molecular weight excluding hydrogens is 696 g/mol. The Labute approximate surface area is 304 Å². The first-order chi connectivity index (χ1) is 24.5. The van der Waals surface area contributed by atoms with Crippen LogP contribution in [0, 0.1) is 18.8 Å². The Hall–Kier alpha value is -4.48. The minimum atomic E-state index is -1.64. The zero-order valence-electron chi connectivity index (χ0n) is 29.9. The summed E-state index contributed by atoms with van der Waals surface area (Å²) in [6.07, 6.45) is -1.94. The quantitative estimate of drug-likeness (QED) is 0.0797. The Morgan fingerprint density at radius 3 is 2.52 bits per heavy atom. The largest absolute Gasteiger partial charge is 0.463 e. The van der Waals surface area contributed by atoms with Gasteiger partial charge in [0.05, 0.1) is 24.0 Å². The van der Waals surface area contributed by atoms with Crippen LogP contribution in [0.1, 0.15) is 58.4 Å². The number of aliphatic hydroxyl groups excluding tert-OH is 1. The van der Waals surface area contributed by atoms with Crippen LogP contribution < -0.4 is 27.2 Å². The van der Waals surface area contributed by atoms with E-state index in [4.69, 9.17) is 15.0 Å². The lowest BCUT2D eigenvalue weighted by atomic mass is 9.93. The van der Waals surface area contributed by atoms with E-state index in [1.165, 1.54) is 43.3 Å². The maximum absolute atomic E-state index is 13.5. The van der Waals surface area contributed by atoms with Crippen molar-refractivity contribution in [2.45, 2.75) is 102 Å². The summed E-state index contributed by atoms with van der Waals surface area (Å²) in [6, 6.07) is 6.48. The highest BCUT2D eigenvalue weighted by Crippen LogP contribution is 2.31. The zero-order valence-corrected chi connectivity index (χ0v) is 30.7. The molecule has 2 fully saturated rings. The molecule has 0 radical (unpaired) electrons. The van der Waals surface area contributed by atoms with Gasteiger partial charge in [0.2, 0.25) is 11.8 Å². The summed E-state index contributed by atoms with van der Waals surface area (Å²) in [5.41, 5.74) is 8.37. The van der Waals surface area contributed by atoms with Crippen LogP contribution in [0.2, 0.25) is 0 Å². The predicted molar refractivity (Wildman–Crippen MR) is 191 cm³/mol. The van der Waals surface area contributed by atoms with Gasteiger partial charge >= 0.3 is 11.7 Å². The number of carbonyl (C=O) groups is 4. The molecule has 4 rings (SSSR count). The summed E-state index contributed by atoms with van der Waals surface area (Å²) in [7, 11) is 0. The molecule has 282 valence electrons. The fourth-order valence-electron chi connectivity index (χ4n) is 5.77. The predicted octanol–water partition coefficient (Wildman–Crippen LogP) is 1.23. The van der Waals surface area contributed by atoms with Gasteiger partial charge in [-0.2, -0.15) is 0 Å². The van der Waals surface area contributed by atoms with Crippen LogP contribution in [0.4, 0.5) is 0 Å². The number of amides is 2. The van der Waals surface area contributed by atoms with Crippen LogP contribution in [0.25, 0.3) is 10.4 Å². The number of rotatable bonds is 14. The number of benzene rings is 1. The van der Waals surface area contributed by atoms with E-state index in [0.717, 1.165) is 5.56 Å². The molecule has 3 heterocycles. The van der Waals surface area contributed by atoms with Crippen molar-refractivity contribution in [3.05, 3.63) is 78.9 Å². The lowest BCUT2D eigenvalue weighted by Crippen LogP contribution is -2.55. The van der Waals surface area contributed by atoms with Crippen LogP contribution in [0.3, 0.4) is 0 Å². The van der Waals surface area contributed by atoms with Crippen LogP contribution in [0.5, 0.6) is 0 Å². The highest BCUT2D eigenvalue weighted by atomic mass is 32.2. The number of ether oxygens (including phenoxy) is 2. The third-order valence-corrected chi connectivity index (χ3v) is 10.2. The summed E-state index contributed by atoms with van der Waals surface area (Å²) in [5.74, 6) is -3.86. The highest BCUT2D eigenvalue weighted by Gasteiger charge is 2.41. The number of carbonyl (C=O) groups excluding carboxylic acids is 4. The number of aromatic nitrogens is 2. The standard InChI is InChI=1S/C34H46N8O9S/c1-17-14-42(33(49)38-28(17)45)25-13-21(40-41-35)24(51-25)15-50-32(48)19(3)18(2)29(46)36-22(12-20-10-8-7-9-11-20)26(43)27(44)31-37-23(16-52-31)30(47)39-34(4,5)6/h7-11,14,18-19,21-26,31,37,43H,12-13,15-16H2,1-6H3,(H,36,46)(H,39,47)(H,38,45,49)/t18?,19?,21-,22-,23-,24+,25+,26-,31?/m0/s1. The van der Waals surface area contributed by atoms with Gasteiger partial charge in [0.1, 0.15) is 30.4 Å². The minimum absolute atomic E-state index is 0.0789. The number of aromatic amines is 1. The Morgan fingerprint density at radius 1 is 1.17 bits per heavy atom. The molecule has 2 saturated heterocycles. The fraction of sp³-hybridized carbons (Fsp3) is 0.588. The van der Waals surface area contributed by atoms with Crippen molar-refractivity contribution in [3.63, 3.8) is 0 Å². The van der Waals surface area contributed by atoms with Crippen LogP contribution in [-0.4, -0.2) is 91.8 Å². The lowest BCUT2D eigenvalue weighted by molar-refractivity contribution is -0.156. The van der Waals surface area contributed by atoms with Crippen molar-refractivity contribution in [3.8, 4) is 0 Å². The van der Waals surface area contributed by atoms with Crippen molar-refractivity contribution in [2.75, 3.05) is 12.4 Å². The number of hydrogen-bond donors (Lipinski definition) is 5. The van der Waals surface area contributed by atoms with Crippen molar-refractivity contribution in [2.24, 2.45) is 17.0 Å². The number of aliphatic hydroxyl groups is 1. The molecule has 2 aromatic rings. The SMILES string of the molecule is Cc1cn([C@H]2C[C@H](N=[N+]=[N-])[C@@H](COC(=O)C(C)C(C)C(=O)N[C@@H](Cc3ccccc3)[C@H](O)C(=O)C3N[C@H](C(=O)NC(C)(C)C)CS3)O2)c(=O)[nH]c1=O. The van der Waals surface area contributed by atoms with Gasteiger partial charge in [-0.1, -0.05) is 49.3 Å². The maximum atomic E-state index is 13.5. The van der Waals surface area contributed by atoms with Gasteiger partial charge in [-0.25, -0.2) is 4.79 Å². The first-order valence-corrected chi connectivity index (χ1v) is 18.0. The van der Waals surface area contributed by atoms with E-state index in [0.29, 0.717) is 5.75 Å². The number of ketones is 1. The average molecular weight is 743 g/mol. The lowest BCUT2D eigenvalue weighted by Gasteiger charge is -2.28. The molecule has 17 nitrogen and oxygen atoms in total. The van der Waals surface area contributed by atoms with Gasteiger partial charge in [0.25, 0.3) is 5.56 Å². The zero-order chi connectivity index (χ0) is 38.3. The summed E-state index contributed by atoms with van der Waals surface area (Å²) in [5, 5.41) is 22.8. The molecular formula is C34H46N8O9S. The maximum Gasteiger partial charge on any atom is 0.330 e. The number of azide groups is 1. The van der Waals surface area contributed by atoms with Gasteiger partial charge in [-0.15, -0.1) is 11.8 Å². The van der Waals surface area contributed by atoms with E-state index in [-0.39, 0.29) is 30.9 Å². The Bertz CT molecular complexity index is 1790. The molecule has 2 amide bonds. The van der Waals surface area contributed by atoms with Crippen molar-refractivity contribution in [1.29, 1.82) is 0 Å². The van der Waals surface area contributed by atoms with Crippen LogP contribution >= 0.6 is 11.8 Å². The smallest absolute Gasteiger partial charge is 0.330 e. The summed E-state index contributed by atoms with van der Waals surface area (Å²) < 4.78 is 12.6. The van der Waals surface area contributed by atoms with Crippen molar-refractivity contribution in [1.82, 2.24) is 25.5 Å². The number of nitrogens with zero attached hydrogens (tertiary/aromatic N) is 4. The van der Waals surface area contributed by atoms with Gasteiger partial charge in [-0.3, -0.25) is 38.8 Å². The van der Waals surface area contributed by atoms with Crippen LogP contribution in [0.15, 0.2) is 51.2 Å². The second-order valence-corrected chi connectivity index (χ2v) is 15.3. The molecule has 0 saturated carbocycles. The van der Waals surface area contributed by atoms with E-state index in [9.17, 15) is 33.9 Å². The number of hydrogen-bond acceptors (Lipinski definition) is 12. The monoisotopic (exact) mass is 742 g/mol. The molecule has 0 spiro atoms. The topological polar surface area (TPSA) is 247 Å². The number of aryl methyl sites for hydroxylation is 1. The molecule has 2 aliphatic heterocycles. The number of nitrogens with one attached hydrogen (secondary N) is 4. The fourth-order valence-corrected chi connectivity index (χ4v) is 6.97. The number of Topliss-reactive ketones (excluding diaryl/α,β-unsaturated/α-hetero) is 1. The highest BCUT2D eigenvalue weighted by molar-refractivity contribution is 8.00. The molecule has 0 bridgehead atoms. The molecule has 52 heavy (non-hydrogen) atoms. The molecule has 2 aliphatic rings. The Kier molecular flexibility index (Phi) is 13.5. The molecule has 1 aromatic heterocycles. The van der Waals surface area contributed by atoms with E-state index in [1.807, 2.05) is 26.8 Å². The first kappa shape index (κ1) is 40.3.